The summed E-state index contributed by atoms with van der Waals surface area (Å²) in [6.07, 6.45) is 0. The lowest BCUT2D eigenvalue weighted by atomic mass is 10.3. The number of hydrazine groups is 1. The highest BCUT2D eigenvalue weighted by molar-refractivity contribution is 9.10. The van der Waals surface area contributed by atoms with Crippen molar-refractivity contribution in [1.29, 1.82) is 0 Å². The molecule has 1 aromatic carbocycles. The van der Waals surface area contributed by atoms with Crippen molar-refractivity contribution in [2.45, 2.75) is 6.61 Å². The highest BCUT2D eigenvalue weighted by atomic mass is 79.9. The fraction of sp³-hybridized carbons (Fsp3) is 0.0769. The second-order valence-corrected chi connectivity index (χ2v) is 5.17. The predicted octanol–water partition coefficient (Wildman–Crippen LogP) is 2.68. The second-order valence-electron chi connectivity index (χ2n) is 3.85. The summed E-state index contributed by atoms with van der Waals surface area (Å²) in [5.41, 5.74) is 2.86. The fourth-order valence-electron chi connectivity index (χ4n) is 1.50. The van der Waals surface area contributed by atoms with Gasteiger partial charge in [0.15, 0.2) is 0 Å². The molecule has 0 atom stereocenters. The zero-order chi connectivity index (χ0) is 14.5. The van der Waals surface area contributed by atoms with Gasteiger partial charge >= 0.3 is 0 Å². The van der Waals surface area contributed by atoms with Gasteiger partial charge in [0.2, 0.25) is 0 Å². The van der Waals surface area contributed by atoms with Gasteiger partial charge in [-0.2, -0.15) is 0 Å². The second kappa shape index (κ2) is 6.69. The van der Waals surface area contributed by atoms with E-state index in [9.17, 15) is 4.79 Å². The summed E-state index contributed by atoms with van der Waals surface area (Å²) in [4.78, 5) is 15.5. The Hall–Kier alpha value is -1.63. The molecule has 0 aliphatic heterocycles. The zero-order valence-electron chi connectivity index (χ0n) is 10.3. The normalized spacial score (nSPS) is 10.2. The number of hydrogen-bond acceptors (Lipinski definition) is 4. The van der Waals surface area contributed by atoms with Crippen molar-refractivity contribution in [3.05, 3.63) is 57.3 Å². The molecule has 0 spiro atoms. The van der Waals surface area contributed by atoms with Crippen LogP contribution in [0.2, 0.25) is 5.02 Å². The van der Waals surface area contributed by atoms with Gasteiger partial charge in [0, 0.05) is 4.47 Å². The molecule has 2 aromatic rings. The van der Waals surface area contributed by atoms with Crippen LogP contribution in [0.15, 0.2) is 40.9 Å². The Kier molecular flexibility index (Phi) is 4.94. The first-order chi connectivity index (χ1) is 9.60. The largest absolute Gasteiger partial charge is 0.486 e. The molecule has 0 aliphatic carbocycles. The van der Waals surface area contributed by atoms with Crippen LogP contribution in [0.1, 0.15) is 16.2 Å². The van der Waals surface area contributed by atoms with E-state index in [0.29, 0.717) is 16.5 Å². The molecule has 0 unspecified atom stereocenters. The maximum atomic E-state index is 11.4. The van der Waals surface area contributed by atoms with Crippen molar-refractivity contribution in [2.75, 3.05) is 0 Å². The van der Waals surface area contributed by atoms with Gasteiger partial charge in [0.05, 0.1) is 10.7 Å². The molecule has 7 heteroatoms. The SMILES string of the molecule is NNC(=O)c1cccc(COc2ccc(Br)cc2Cl)n1. The van der Waals surface area contributed by atoms with Crippen molar-refractivity contribution in [3.8, 4) is 5.75 Å². The molecule has 3 N–H and O–H groups in total. The first-order valence-corrected chi connectivity index (χ1v) is 6.82. The lowest BCUT2D eigenvalue weighted by Gasteiger charge is -2.08. The van der Waals surface area contributed by atoms with Crippen LogP contribution in [-0.2, 0) is 6.61 Å². The Labute approximate surface area is 129 Å². The minimum atomic E-state index is -0.450. The minimum Gasteiger partial charge on any atom is -0.486 e. The van der Waals surface area contributed by atoms with Crippen molar-refractivity contribution in [3.63, 3.8) is 0 Å². The van der Waals surface area contributed by atoms with Crippen molar-refractivity contribution >= 4 is 33.4 Å². The molecule has 0 saturated carbocycles. The Balaban J connectivity index is 2.09. The minimum absolute atomic E-state index is 0.201. The van der Waals surface area contributed by atoms with Crippen molar-refractivity contribution in [2.24, 2.45) is 5.84 Å². The number of rotatable bonds is 4. The molecule has 1 aromatic heterocycles. The van der Waals surface area contributed by atoms with Gasteiger partial charge in [-0.1, -0.05) is 33.6 Å². The van der Waals surface area contributed by atoms with E-state index in [0.717, 1.165) is 4.47 Å². The number of benzene rings is 1. The molecule has 5 nitrogen and oxygen atoms in total. The lowest BCUT2D eigenvalue weighted by molar-refractivity contribution is 0.0948. The summed E-state index contributed by atoms with van der Waals surface area (Å²) in [6, 6.07) is 10.3. The molecule has 0 saturated heterocycles. The fourth-order valence-corrected chi connectivity index (χ4v) is 2.23. The summed E-state index contributed by atoms with van der Waals surface area (Å²) in [6.45, 7) is 0.201. The van der Waals surface area contributed by atoms with Gasteiger partial charge < -0.3 is 4.74 Å². The standard InChI is InChI=1S/C13H11BrClN3O2/c14-8-4-5-12(10(15)6-8)20-7-9-2-1-3-11(17-9)13(19)18-16/h1-6H,7,16H2,(H,18,19). The Morgan fingerprint density at radius 3 is 2.90 bits per heavy atom. The number of nitrogen functional groups attached to an aromatic ring is 1. The van der Waals surface area contributed by atoms with Gasteiger partial charge in [-0.15, -0.1) is 0 Å². The molecular weight excluding hydrogens is 346 g/mol. The maximum Gasteiger partial charge on any atom is 0.283 e. The molecule has 20 heavy (non-hydrogen) atoms. The molecule has 1 amide bonds. The number of nitrogens with zero attached hydrogens (tertiary/aromatic N) is 1. The van der Waals surface area contributed by atoms with Gasteiger partial charge in [0.1, 0.15) is 18.1 Å². The third-order valence-corrected chi connectivity index (χ3v) is 3.23. The monoisotopic (exact) mass is 355 g/mol. The highest BCUT2D eigenvalue weighted by Gasteiger charge is 2.07. The topological polar surface area (TPSA) is 77.2 Å². The van der Waals surface area contributed by atoms with Crippen LogP contribution in [-0.4, -0.2) is 10.9 Å². The first kappa shape index (κ1) is 14.8. The Morgan fingerprint density at radius 2 is 2.20 bits per heavy atom. The Morgan fingerprint density at radius 1 is 1.40 bits per heavy atom. The van der Waals surface area contributed by atoms with E-state index >= 15 is 0 Å². The smallest absolute Gasteiger partial charge is 0.283 e. The number of nitrogens with two attached hydrogens (primary N) is 1. The van der Waals surface area contributed by atoms with E-state index in [4.69, 9.17) is 22.2 Å². The van der Waals surface area contributed by atoms with Gasteiger partial charge in [0.25, 0.3) is 5.91 Å². The summed E-state index contributed by atoms with van der Waals surface area (Å²) in [5.74, 6) is 5.16. The molecule has 0 bridgehead atoms. The highest BCUT2D eigenvalue weighted by Crippen LogP contribution is 2.28. The average molecular weight is 357 g/mol. The van der Waals surface area contributed by atoms with Crippen LogP contribution in [0.25, 0.3) is 0 Å². The number of carbonyl (C=O) groups excluding carboxylic acids is 1. The molecule has 0 radical (unpaired) electrons. The average Bonchev–Trinajstić information content (AvgIpc) is 2.46. The molecule has 2 rings (SSSR count). The summed E-state index contributed by atoms with van der Waals surface area (Å²) in [7, 11) is 0. The maximum absolute atomic E-state index is 11.4. The van der Waals surface area contributed by atoms with Crippen LogP contribution >= 0.6 is 27.5 Å². The third kappa shape index (κ3) is 3.69. The van der Waals surface area contributed by atoms with Crippen LogP contribution in [0.5, 0.6) is 5.75 Å². The Bertz CT molecular complexity index is 637. The van der Waals surface area contributed by atoms with E-state index < -0.39 is 5.91 Å². The van der Waals surface area contributed by atoms with Gasteiger partial charge in [-0.05, 0) is 30.3 Å². The van der Waals surface area contributed by atoms with Crippen LogP contribution in [0, 0.1) is 0 Å². The van der Waals surface area contributed by atoms with E-state index in [1.807, 2.05) is 11.5 Å². The van der Waals surface area contributed by atoms with E-state index in [1.165, 1.54) is 0 Å². The molecule has 104 valence electrons. The number of ether oxygens (including phenoxy) is 1. The van der Waals surface area contributed by atoms with Crippen molar-refractivity contribution < 1.29 is 9.53 Å². The number of nitrogens with one attached hydrogen (secondary N) is 1. The summed E-state index contributed by atoms with van der Waals surface area (Å²) >= 11 is 9.36. The van der Waals surface area contributed by atoms with Crippen molar-refractivity contribution in [1.82, 2.24) is 10.4 Å². The molecule has 0 aliphatic rings. The lowest BCUT2D eigenvalue weighted by Crippen LogP contribution is -2.30. The number of aromatic nitrogens is 1. The summed E-state index contributed by atoms with van der Waals surface area (Å²) < 4.78 is 6.44. The summed E-state index contributed by atoms with van der Waals surface area (Å²) in [5, 5.41) is 0.496. The number of amides is 1. The molecule has 1 heterocycles. The number of pyridine rings is 1. The quantitative estimate of drug-likeness (QED) is 0.501. The van der Waals surface area contributed by atoms with Crippen LogP contribution in [0.3, 0.4) is 0 Å². The van der Waals surface area contributed by atoms with Crippen LogP contribution < -0.4 is 16.0 Å². The number of halogens is 2. The third-order valence-electron chi connectivity index (χ3n) is 2.44. The molecule has 0 fully saturated rings. The first-order valence-electron chi connectivity index (χ1n) is 5.65. The van der Waals surface area contributed by atoms with Gasteiger partial charge in [-0.3, -0.25) is 10.2 Å². The molecular formula is C13H11BrClN3O2. The zero-order valence-corrected chi connectivity index (χ0v) is 12.6. The predicted molar refractivity (Wildman–Crippen MR) is 79.4 cm³/mol. The van der Waals surface area contributed by atoms with Gasteiger partial charge in [-0.25, -0.2) is 10.8 Å². The van der Waals surface area contributed by atoms with E-state index in [-0.39, 0.29) is 12.3 Å². The van der Waals surface area contributed by atoms with Crippen LogP contribution in [0.4, 0.5) is 0 Å². The van der Waals surface area contributed by atoms with E-state index in [1.54, 1.807) is 30.3 Å². The number of hydrogen-bond donors (Lipinski definition) is 2. The van der Waals surface area contributed by atoms with E-state index in [2.05, 4.69) is 20.9 Å². The number of carbonyl (C=O) groups is 1.